The average molecular weight is 351 g/mol. The van der Waals surface area contributed by atoms with Gasteiger partial charge in [-0.3, -0.25) is 4.79 Å². The van der Waals surface area contributed by atoms with Crippen LogP contribution in [0.3, 0.4) is 0 Å². The number of nitrogens with zero attached hydrogens (tertiary/aromatic N) is 2. The van der Waals surface area contributed by atoms with Crippen LogP contribution in [0, 0.1) is 0 Å². The summed E-state index contributed by atoms with van der Waals surface area (Å²) < 4.78 is 0. The highest BCUT2D eigenvalue weighted by Crippen LogP contribution is 2.23. The molecule has 2 N–H and O–H groups in total. The largest absolute Gasteiger partial charge is 0.331 e. The van der Waals surface area contributed by atoms with Gasteiger partial charge in [-0.05, 0) is 18.2 Å². The van der Waals surface area contributed by atoms with Crippen LogP contribution in [0.1, 0.15) is 5.69 Å². The van der Waals surface area contributed by atoms with E-state index in [4.69, 9.17) is 11.6 Å². The lowest BCUT2D eigenvalue weighted by Crippen LogP contribution is -2.14. The van der Waals surface area contributed by atoms with Crippen molar-refractivity contribution in [1.82, 2.24) is 9.97 Å². The van der Waals surface area contributed by atoms with Crippen molar-refractivity contribution >= 4 is 56.1 Å². The maximum atomic E-state index is 11.9. The van der Waals surface area contributed by atoms with Gasteiger partial charge in [0, 0.05) is 27.7 Å². The molecule has 0 saturated heterocycles. The lowest BCUT2D eigenvalue weighted by atomic mass is 10.3. The minimum atomic E-state index is -0.130. The second kappa shape index (κ2) is 6.87. The van der Waals surface area contributed by atoms with E-state index in [9.17, 15) is 4.79 Å². The van der Waals surface area contributed by atoms with Crippen LogP contribution in [0.25, 0.3) is 0 Å². The van der Waals surface area contributed by atoms with Gasteiger partial charge in [0.2, 0.25) is 5.91 Å². The summed E-state index contributed by atoms with van der Waals surface area (Å²) in [5.74, 6) is -0.130. The van der Waals surface area contributed by atoms with Crippen LogP contribution in [-0.2, 0) is 11.2 Å². The predicted molar refractivity (Wildman–Crippen MR) is 91.3 cm³/mol. The molecule has 3 rings (SSSR count). The van der Waals surface area contributed by atoms with Gasteiger partial charge in [-0.15, -0.1) is 22.7 Å². The maximum Gasteiger partial charge on any atom is 0.232 e. The van der Waals surface area contributed by atoms with Gasteiger partial charge in [0.1, 0.15) is 0 Å². The van der Waals surface area contributed by atoms with E-state index in [-0.39, 0.29) is 12.3 Å². The molecule has 1 amide bonds. The minimum absolute atomic E-state index is 0.130. The van der Waals surface area contributed by atoms with Gasteiger partial charge in [-0.25, -0.2) is 9.97 Å². The molecule has 0 saturated carbocycles. The number of hydrogen-bond acceptors (Lipinski definition) is 6. The average Bonchev–Trinajstić information content (AvgIpc) is 3.11. The third kappa shape index (κ3) is 4.03. The lowest BCUT2D eigenvalue weighted by molar-refractivity contribution is -0.115. The highest BCUT2D eigenvalue weighted by molar-refractivity contribution is 7.14. The smallest absolute Gasteiger partial charge is 0.232 e. The fourth-order valence-electron chi connectivity index (χ4n) is 1.75. The zero-order chi connectivity index (χ0) is 15.4. The topological polar surface area (TPSA) is 66.9 Å². The van der Waals surface area contributed by atoms with E-state index in [1.807, 2.05) is 35.0 Å². The molecule has 8 heteroatoms. The van der Waals surface area contributed by atoms with Crippen molar-refractivity contribution in [3.63, 3.8) is 0 Å². The van der Waals surface area contributed by atoms with E-state index in [1.165, 1.54) is 22.7 Å². The number of halogens is 1. The van der Waals surface area contributed by atoms with Gasteiger partial charge in [0.05, 0.1) is 12.1 Å². The highest BCUT2D eigenvalue weighted by atomic mass is 35.5. The number of rotatable bonds is 5. The molecule has 22 heavy (non-hydrogen) atoms. The molecule has 0 spiro atoms. The summed E-state index contributed by atoms with van der Waals surface area (Å²) in [5, 5.41) is 11.5. The third-order valence-electron chi connectivity index (χ3n) is 2.65. The number of anilines is 3. The third-order valence-corrected chi connectivity index (χ3v) is 4.38. The monoisotopic (exact) mass is 350 g/mol. The molecule has 0 atom stereocenters. The summed E-state index contributed by atoms with van der Waals surface area (Å²) in [5.41, 5.74) is 1.57. The van der Waals surface area contributed by atoms with E-state index in [2.05, 4.69) is 20.6 Å². The maximum absolute atomic E-state index is 11.9. The fraction of sp³-hybridized carbons (Fsp3) is 0.0714. The fourth-order valence-corrected chi connectivity index (χ4v) is 3.21. The van der Waals surface area contributed by atoms with Crippen molar-refractivity contribution in [3.05, 3.63) is 51.9 Å². The highest BCUT2D eigenvalue weighted by Gasteiger charge is 2.09. The zero-order valence-electron chi connectivity index (χ0n) is 11.2. The van der Waals surface area contributed by atoms with Gasteiger partial charge >= 0.3 is 0 Å². The van der Waals surface area contributed by atoms with Crippen LogP contribution in [0.15, 0.2) is 41.2 Å². The molecule has 0 aliphatic carbocycles. The Labute approximate surface area is 140 Å². The van der Waals surface area contributed by atoms with Crippen molar-refractivity contribution in [2.75, 3.05) is 10.6 Å². The first-order chi connectivity index (χ1) is 10.7. The molecule has 0 aliphatic rings. The Balaban J connectivity index is 1.60. The molecule has 0 unspecified atom stereocenters. The number of aromatic nitrogens is 2. The number of carbonyl (C=O) groups is 1. The summed E-state index contributed by atoms with van der Waals surface area (Å²) in [7, 11) is 0. The summed E-state index contributed by atoms with van der Waals surface area (Å²) in [6.45, 7) is 0. The summed E-state index contributed by atoms with van der Waals surface area (Å²) in [4.78, 5) is 20.3. The van der Waals surface area contributed by atoms with Gasteiger partial charge in [0.25, 0.3) is 0 Å². The first-order valence-corrected chi connectivity index (χ1v) is 8.49. The first-order valence-electron chi connectivity index (χ1n) is 6.35. The summed E-state index contributed by atoms with van der Waals surface area (Å²) in [6, 6.07) is 7.39. The van der Waals surface area contributed by atoms with Crippen molar-refractivity contribution < 1.29 is 4.79 Å². The second-order valence-corrected chi connectivity index (χ2v) is 6.53. The van der Waals surface area contributed by atoms with Gasteiger partial charge < -0.3 is 10.6 Å². The SMILES string of the molecule is O=C(Cc1csc(Nc2cccc(Cl)c2)n1)Nc1nccs1. The van der Waals surface area contributed by atoms with Crippen LogP contribution < -0.4 is 10.6 Å². The van der Waals surface area contributed by atoms with Gasteiger partial charge in [-0.2, -0.15) is 0 Å². The van der Waals surface area contributed by atoms with Crippen LogP contribution in [0.2, 0.25) is 5.02 Å². The Morgan fingerprint density at radius 1 is 1.27 bits per heavy atom. The summed E-state index contributed by atoms with van der Waals surface area (Å²) >= 11 is 8.76. The molecular weight excluding hydrogens is 340 g/mol. The summed E-state index contributed by atoms with van der Waals surface area (Å²) in [6.07, 6.45) is 1.86. The molecule has 0 fully saturated rings. The predicted octanol–water partition coefficient (Wildman–Crippen LogP) is 4.18. The van der Waals surface area contributed by atoms with Crippen LogP contribution in [-0.4, -0.2) is 15.9 Å². The van der Waals surface area contributed by atoms with Gasteiger partial charge in [0.15, 0.2) is 10.3 Å². The van der Waals surface area contributed by atoms with E-state index >= 15 is 0 Å². The molecule has 5 nitrogen and oxygen atoms in total. The number of benzene rings is 1. The number of amides is 1. The normalized spacial score (nSPS) is 10.4. The zero-order valence-corrected chi connectivity index (χ0v) is 13.6. The molecule has 0 aliphatic heterocycles. The van der Waals surface area contributed by atoms with Crippen molar-refractivity contribution in [1.29, 1.82) is 0 Å². The molecule has 2 heterocycles. The Morgan fingerprint density at radius 2 is 2.18 bits per heavy atom. The second-order valence-electron chi connectivity index (χ2n) is 4.34. The number of hydrogen-bond donors (Lipinski definition) is 2. The van der Waals surface area contributed by atoms with E-state index in [0.717, 1.165) is 10.8 Å². The molecule has 112 valence electrons. The molecule has 0 bridgehead atoms. The Morgan fingerprint density at radius 3 is 2.95 bits per heavy atom. The van der Waals surface area contributed by atoms with Gasteiger partial charge in [-0.1, -0.05) is 17.7 Å². The Bertz CT molecular complexity index is 773. The van der Waals surface area contributed by atoms with E-state index in [0.29, 0.717) is 15.8 Å². The van der Waals surface area contributed by atoms with E-state index in [1.54, 1.807) is 6.20 Å². The van der Waals surface area contributed by atoms with E-state index < -0.39 is 0 Å². The molecule has 0 radical (unpaired) electrons. The Hall–Kier alpha value is -1.96. The Kier molecular flexibility index (Phi) is 4.67. The van der Waals surface area contributed by atoms with Crippen LogP contribution in [0.4, 0.5) is 16.0 Å². The van der Waals surface area contributed by atoms with Crippen LogP contribution in [0.5, 0.6) is 0 Å². The standard InChI is InChI=1S/C14H11ClN4OS2/c15-9-2-1-3-10(6-9)17-14-18-11(8-22-14)7-12(20)19-13-16-4-5-21-13/h1-6,8H,7H2,(H,17,18)(H,16,19,20). The number of nitrogens with one attached hydrogen (secondary N) is 2. The number of thiazole rings is 2. The minimum Gasteiger partial charge on any atom is -0.331 e. The molecular formula is C14H11ClN4OS2. The molecule has 1 aromatic carbocycles. The molecule has 3 aromatic rings. The van der Waals surface area contributed by atoms with Crippen LogP contribution >= 0.6 is 34.3 Å². The van der Waals surface area contributed by atoms with Crippen molar-refractivity contribution in [3.8, 4) is 0 Å². The van der Waals surface area contributed by atoms with Crippen molar-refractivity contribution in [2.45, 2.75) is 6.42 Å². The van der Waals surface area contributed by atoms with Crippen molar-refractivity contribution in [2.24, 2.45) is 0 Å². The molecule has 2 aromatic heterocycles. The first kappa shape index (κ1) is 15.0. The lowest BCUT2D eigenvalue weighted by Gasteiger charge is -2.02. The quantitative estimate of drug-likeness (QED) is 0.724. The number of carbonyl (C=O) groups excluding carboxylic acids is 1.